The number of hydrogen-bond acceptors (Lipinski definition) is 2. The molecule has 0 aromatic carbocycles. The molecule has 1 fully saturated rings. The predicted octanol–water partition coefficient (Wildman–Crippen LogP) is 1.50. The van der Waals surface area contributed by atoms with Crippen LogP contribution in [0.5, 0.6) is 0 Å². The molecule has 0 saturated heterocycles. The maximum atomic E-state index is 12.8. The molecule has 3 N–H and O–H groups in total. The third-order valence-electron chi connectivity index (χ3n) is 2.69. The monoisotopic (exact) mass is 192 g/mol. The fourth-order valence-corrected chi connectivity index (χ4v) is 1.62. The minimum Gasteiger partial charge on any atom is -0.327 e. The van der Waals surface area contributed by atoms with Gasteiger partial charge in [0.15, 0.2) is 0 Å². The highest BCUT2D eigenvalue weighted by Crippen LogP contribution is 2.34. The van der Waals surface area contributed by atoms with E-state index in [2.05, 4.69) is 5.32 Å². The van der Waals surface area contributed by atoms with Crippen LogP contribution in [0.25, 0.3) is 0 Å². The van der Waals surface area contributed by atoms with Crippen LogP contribution in [0.15, 0.2) is 0 Å². The molecule has 1 aliphatic rings. The Hall–Kier alpha value is -0.220. The molecule has 4 heteroatoms. The average molecular weight is 192 g/mol. The number of nitrogens with one attached hydrogen (secondary N) is 1. The molecule has 0 aliphatic heterocycles. The van der Waals surface area contributed by atoms with Gasteiger partial charge in [-0.15, -0.1) is 0 Å². The van der Waals surface area contributed by atoms with Crippen molar-refractivity contribution in [1.82, 2.24) is 5.32 Å². The molecule has 1 aliphatic carbocycles. The quantitative estimate of drug-likeness (QED) is 0.711. The summed E-state index contributed by atoms with van der Waals surface area (Å²) in [5.74, 6) is -2.46. The number of hydrogen-bond donors (Lipinski definition) is 2. The summed E-state index contributed by atoms with van der Waals surface area (Å²) in [6.45, 7) is 3.81. The minimum atomic E-state index is -2.46. The molecule has 1 rings (SSSR count). The molecule has 3 atom stereocenters. The van der Waals surface area contributed by atoms with Gasteiger partial charge in [-0.2, -0.15) is 0 Å². The van der Waals surface area contributed by atoms with Crippen LogP contribution in [0.1, 0.15) is 33.1 Å². The van der Waals surface area contributed by atoms with Crippen molar-refractivity contribution in [2.45, 2.75) is 57.2 Å². The lowest BCUT2D eigenvalue weighted by molar-refractivity contribution is 0.00658. The molecule has 13 heavy (non-hydrogen) atoms. The molecular weight excluding hydrogens is 174 g/mol. The molecule has 78 valence electrons. The van der Waals surface area contributed by atoms with Gasteiger partial charge in [-0.25, -0.2) is 8.78 Å². The highest BCUT2D eigenvalue weighted by atomic mass is 19.3. The Balaban J connectivity index is 2.32. The summed E-state index contributed by atoms with van der Waals surface area (Å²) in [5.41, 5.74) is 5.63. The highest BCUT2D eigenvalue weighted by Gasteiger charge is 2.39. The molecule has 2 nitrogen and oxygen atoms in total. The smallest absolute Gasteiger partial charge is 0.249 e. The summed E-state index contributed by atoms with van der Waals surface area (Å²) in [6, 6.07) is 0.0594. The minimum absolute atomic E-state index is 0.00854. The Morgan fingerprint density at radius 1 is 1.46 bits per heavy atom. The van der Waals surface area contributed by atoms with E-state index < -0.39 is 5.92 Å². The SMILES string of the molecule is CC(N)C(C)NC1CCC(F)(F)C1. The lowest BCUT2D eigenvalue weighted by Gasteiger charge is -2.22. The lowest BCUT2D eigenvalue weighted by atomic mass is 10.1. The van der Waals surface area contributed by atoms with E-state index in [0.717, 1.165) is 0 Å². The summed E-state index contributed by atoms with van der Waals surface area (Å²) < 4.78 is 25.5. The van der Waals surface area contributed by atoms with E-state index in [1.54, 1.807) is 0 Å². The Morgan fingerprint density at radius 3 is 2.46 bits per heavy atom. The van der Waals surface area contributed by atoms with E-state index in [0.29, 0.717) is 6.42 Å². The van der Waals surface area contributed by atoms with Crippen molar-refractivity contribution >= 4 is 0 Å². The second-order valence-corrected chi connectivity index (χ2v) is 4.11. The Bertz CT molecular complexity index is 171. The van der Waals surface area contributed by atoms with Crippen molar-refractivity contribution in [3.8, 4) is 0 Å². The maximum absolute atomic E-state index is 12.8. The van der Waals surface area contributed by atoms with Gasteiger partial charge < -0.3 is 11.1 Å². The second-order valence-electron chi connectivity index (χ2n) is 4.11. The van der Waals surface area contributed by atoms with Gasteiger partial charge in [0.05, 0.1) is 0 Å². The maximum Gasteiger partial charge on any atom is 0.249 e. The molecule has 0 bridgehead atoms. The van der Waals surface area contributed by atoms with Crippen molar-refractivity contribution < 1.29 is 8.78 Å². The summed E-state index contributed by atoms with van der Waals surface area (Å²) >= 11 is 0. The van der Waals surface area contributed by atoms with Gasteiger partial charge in [0.1, 0.15) is 0 Å². The summed E-state index contributed by atoms with van der Waals surface area (Å²) in [4.78, 5) is 0. The van der Waals surface area contributed by atoms with Crippen molar-refractivity contribution in [2.75, 3.05) is 0 Å². The zero-order chi connectivity index (χ0) is 10.1. The predicted molar refractivity (Wildman–Crippen MR) is 48.8 cm³/mol. The van der Waals surface area contributed by atoms with Gasteiger partial charge in [0, 0.05) is 31.0 Å². The molecule has 0 radical (unpaired) electrons. The Labute approximate surface area is 77.9 Å². The van der Waals surface area contributed by atoms with Crippen LogP contribution < -0.4 is 11.1 Å². The molecule has 0 aromatic rings. The highest BCUT2D eigenvalue weighted by molar-refractivity contribution is 4.88. The van der Waals surface area contributed by atoms with Crippen molar-refractivity contribution in [1.29, 1.82) is 0 Å². The normalized spacial score (nSPS) is 31.6. The third-order valence-corrected chi connectivity index (χ3v) is 2.69. The van der Waals surface area contributed by atoms with Crippen LogP contribution in [0.4, 0.5) is 8.78 Å². The van der Waals surface area contributed by atoms with Crippen LogP contribution in [0.3, 0.4) is 0 Å². The average Bonchev–Trinajstić information content (AvgIpc) is 2.30. The van der Waals surface area contributed by atoms with Gasteiger partial charge in [0.25, 0.3) is 0 Å². The van der Waals surface area contributed by atoms with Crippen LogP contribution >= 0.6 is 0 Å². The van der Waals surface area contributed by atoms with E-state index in [1.807, 2.05) is 13.8 Å². The van der Waals surface area contributed by atoms with Crippen LogP contribution in [-0.4, -0.2) is 24.0 Å². The first kappa shape index (κ1) is 10.9. The fraction of sp³-hybridized carbons (Fsp3) is 1.00. The van der Waals surface area contributed by atoms with E-state index >= 15 is 0 Å². The van der Waals surface area contributed by atoms with Crippen LogP contribution in [0.2, 0.25) is 0 Å². The van der Waals surface area contributed by atoms with Crippen LogP contribution in [-0.2, 0) is 0 Å². The van der Waals surface area contributed by atoms with E-state index in [9.17, 15) is 8.78 Å². The number of nitrogens with two attached hydrogens (primary N) is 1. The van der Waals surface area contributed by atoms with Crippen molar-refractivity contribution in [3.63, 3.8) is 0 Å². The number of rotatable bonds is 3. The third kappa shape index (κ3) is 3.19. The Kier molecular flexibility index (Phi) is 3.24. The molecular formula is C9H18F2N2. The summed E-state index contributed by atoms with van der Waals surface area (Å²) in [6.07, 6.45) is 0.532. The first-order valence-electron chi connectivity index (χ1n) is 4.80. The number of alkyl halides is 2. The van der Waals surface area contributed by atoms with E-state index in [-0.39, 0.29) is 31.0 Å². The largest absolute Gasteiger partial charge is 0.327 e. The van der Waals surface area contributed by atoms with Gasteiger partial charge in [-0.05, 0) is 20.3 Å². The van der Waals surface area contributed by atoms with Gasteiger partial charge >= 0.3 is 0 Å². The van der Waals surface area contributed by atoms with Gasteiger partial charge in [-0.3, -0.25) is 0 Å². The summed E-state index contributed by atoms with van der Waals surface area (Å²) in [7, 11) is 0. The van der Waals surface area contributed by atoms with Crippen molar-refractivity contribution in [3.05, 3.63) is 0 Å². The Morgan fingerprint density at radius 2 is 2.08 bits per heavy atom. The first-order chi connectivity index (χ1) is 5.91. The fourth-order valence-electron chi connectivity index (χ4n) is 1.62. The second kappa shape index (κ2) is 3.88. The molecule has 0 spiro atoms. The zero-order valence-electron chi connectivity index (χ0n) is 8.19. The number of halogens is 2. The van der Waals surface area contributed by atoms with Gasteiger partial charge in [-0.1, -0.05) is 0 Å². The first-order valence-corrected chi connectivity index (χ1v) is 4.80. The topological polar surface area (TPSA) is 38.0 Å². The van der Waals surface area contributed by atoms with E-state index in [4.69, 9.17) is 5.73 Å². The lowest BCUT2D eigenvalue weighted by Crippen LogP contribution is -2.45. The molecule has 0 aromatic heterocycles. The molecule has 0 amide bonds. The molecule has 0 heterocycles. The van der Waals surface area contributed by atoms with Crippen LogP contribution in [0, 0.1) is 0 Å². The standard InChI is InChI=1S/C9H18F2N2/c1-6(12)7(2)13-8-3-4-9(10,11)5-8/h6-8,13H,3-5,12H2,1-2H3. The molecule has 3 unspecified atom stereocenters. The summed E-state index contributed by atoms with van der Waals surface area (Å²) in [5, 5.41) is 3.13. The van der Waals surface area contributed by atoms with Gasteiger partial charge in [0.2, 0.25) is 5.92 Å². The van der Waals surface area contributed by atoms with E-state index in [1.165, 1.54) is 0 Å². The van der Waals surface area contributed by atoms with Crippen molar-refractivity contribution in [2.24, 2.45) is 5.73 Å². The zero-order valence-corrected chi connectivity index (χ0v) is 8.19. The molecule has 1 saturated carbocycles.